The Labute approximate surface area is 215 Å². The number of rotatable bonds is 9. The van der Waals surface area contributed by atoms with Gasteiger partial charge in [0.25, 0.3) is 0 Å². The summed E-state index contributed by atoms with van der Waals surface area (Å²) in [5.41, 5.74) is 4.18. The number of aryl methyl sites for hydroxylation is 3. The topological polar surface area (TPSA) is 86.8 Å². The van der Waals surface area contributed by atoms with Gasteiger partial charge < -0.3 is 10.2 Å². The Bertz CT molecular complexity index is 1170. The molecular formula is C28H39N3O4S. The fourth-order valence-electron chi connectivity index (χ4n) is 4.83. The SMILES string of the molecule is Cc1cc(C)cc(N(CC(=O)N(Cc2ccccc2C)C(C)C(=O)NC2CCCCC2)S(C)(=O)=O)c1. The van der Waals surface area contributed by atoms with Crippen LogP contribution in [-0.4, -0.2) is 50.0 Å². The highest BCUT2D eigenvalue weighted by molar-refractivity contribution is 7.92. The normalized spacial score (nSPS) is 15.2. The molecule has 1 unspecified atom stereocenters. The first-order chi connectivity index (χ1) is 17.0. The minimum Gasteiger partial charge on any atom is -0.352 e. The van der Waals surface area contributed by atoms with Crippen molar-refractivity contribution in [3.63, 3.8) is 0 Å². The molecule has 7 nitrogen and oxygen atoms in total. The number of sulfonamides is 1. The second kappa shape index (κ2) is 11.9. The Morgan fingerprint density at radius 3 is 2.19 bits per heavy atom. The van der Waals surface area contributed by atoms with Gasteiger partial charge in [-0.05, 0) is 74.9 Å². The largest absolute Gasteiger partial charge is 0.352 e. The molecule has 196 valence electrons. The van der Waals surface area contributed by atoms with Crippen molar-refractivity contribution in [2.75, 3.05) is 17.1 Å². The van der Waals surface area contributed by atoms with Crippen molar-refractivity contribution < 1.29 is 18.0 Å². The fourth-order valence-corrected chi connectivity index (χ4v) is 5.66. The molecular weight excluding hydrogens is 474 g/mol. The van der Waals surface area contributed by atoms with Crippen LogP contribution < -0.4 is 9.62 Å². The van der Waals surface area contributed by atoms with Gasteiger partial charge in [0.05, 0.1) is 11.9 Å². The molecule has 0 bridgehead atoms. The van der Waals surface area contributed by atoms with Crippen LogP contribution in [0.1, 0.15) is 61.3 Å². The van der Waals surface area contributed by atoms with E-state index in [1.807, 2.05) is 51.1 Å². The number of hydrogen-bond acceptors (Lipinski definition) is 4. The van der Waals surface area contributed by atoms with Gasteiger partial charge in [-0.15, -0.1) is 0 Å². The van der Waals surface area contributed by atoms with Crippen LogP contribution in [0.25, 0.3) is 0 Å². The van der Waals surface area contributed by atoms with Gasteiger partial charge in [0.1, 0.15) is 12.6 Å². The molecule has 1 aliphatic carbocycles. The fraction of sp³-hybridized carbons (Fsp3) is 0.500. The molecule has 0 aliphatic heterocycles. The van der Waals surface area contributed by atoms with Gasteiger partial charge in [0.2, 0.25) is 21.8 Å². The van der Waals surface area contributed by atoms with Gasteiger partial charge in [-0.3, -0.25) is 13.9 Å². The van der Waals surface area contributed by atoms with Crippen LogP contribution in [0.15, 0.2) is 42.5 Å². The lowest BCUT2D eigenvalue weighted by Gasteiger charge is -2.33. The van der Waals surface area contributed by atoms with Crippen molar-refractivity contribution >= 4 is 27.5 Å². The van der Waals surface area contributed by atoms with E-state index in [-0.39, 0.29) is 25.0 Å². The van der Waals surface area contributed by atoms with Crippen LogP contribution in [0.2, 0.25) is 0 Å². The van der Waals surface area contributed by atoms with Crippen molar-refractivity contribution in [1.29, 1.82) is 0 Å². The Morgan fingerprint density at radius 2 is 1.61 bits per heavy atom. The quantitative estimate of drug-likeness (QED) is 0.543. The van der Waals surface area contributed by atoms with Crippen LogP contribution in [0.3, 0.4) is 0 Å². The Morgan fingerprint density at radius 1 is 1.00 bits per heavy atom. The number of nitrogens with zero attached hydrogens (tertiary/aromatic N) is 2. The molecule has 0 saturated heterocycles. The summed E-state index contributed by atoms with van der Waals surface area (Å²) in [6.07, 6.45) is 6.34. The molecule has 2 aromatic rings. The summed E-state index contributed by atoms with van der Waals surface area (Å²) in [4.78, 5) is 28.5. The number of carbonyl (C=O) groups is 2. The second-order valence-electron chi connectivity index (χ2n) is 10.1. The smallest absolute Gasteiger partial charge is 0.244 e. The Kier molecular flexibility index (Phi) is 9.17. The standard InChI is InChI=1S/C28H39N3O4S/c1-20-15-21(2)17-26(16-20)31(36(5,34)35)19-27(32)30(18-24-12-10-9-11-22(24)3)23(4)28(33)29-25-13-7-6-8-14-25/h9-12,15-17,23,25H,6-8,13-14,18-19H2,1-5H3,(H,29,33). The minimum absolute atomic E-state index is 0.118. The van der Waals surface area contributed by atoms with Crippen molar-refractivity contribution in [3.8, 4) is 0 Å². The summed E-state index contributed by atoms with van der Waals surface area (Å²) in [5, 5.41) is 3.12. The van der Waals surface area contributed by atoms with E-state index in [9.17, 15) is 18.0 Å². The molecule has 2 aromatic carbocycles. The molecule has 1 N–H and O–H groups in total. The molecule has 0 heterocycles. The number of hydrogen-bond donors (Lipinski definition) is 1. The van der Waals surface area contributed by atoms with E-state index in [4.69, 9.17) is 0 Å². The number of benzene rings is 2. The van der Waals surface area contributed by atoms with Crippen LogP contribution in [0, 0.1) is 20.8 Å². The van der Waals surface area contributed by atoms with Crippen LogP contribution in [0.4, 0.5) is 5.69 Å². The van der Waals surface area contributed by atoms with Crippen LogP contribution in [-0.2, 0) is 26.2 Å². The van der Waals surface area contributed by atoms with Gasteiger partial charge in [-0.2, -0.15) is 0 Å². The van der Waals surface area contributed by atoms with E-state index in [0.717, 1.165) is 58.5 Å². The predicted octanol–water partition coefficient (Wildman–Crippen LogP) is 4.24. The summed E-state index contributed by atoms with van der Waals surface area (Å²) >= 11 is 0. The highest BCUT2D eigenvalue weighted by atomic mass is 32.2. The number of amides is 2. The van der Waals surface area contributed by atoms with Crippen molar-refractivity contribution in [3.05, 3.63) is 64.7 Å². The molecule has 1 fully saturated rings. The third kappa shape index (κ3) is 7.32. The molecule has 36 heavy (non-hydrogen) atoms. The van der Waals surface area contributed by atoms with Crippen LogP contribution in [0.5, 0.6) is 0 Å². The van der Waals surface area contributed by atoms with Crippen LogP contribution >= 0.6 is 0 Å². The zero-order valence-corrected chi connectivity index (χ0v) is 22.9. The van der Waals surface area contributed by atoms with E-state index in [1.54, 1.807) is 19.1 Å². The molecule has 1 saturated carbocycles. The molecule has 0 aromatic heterocycles. The third-order valence-electron chi connectivity index (χ3n) is 6.89. The van der Waals surface area contributed by atoms with Gasteiger partial charge in [0, 0.05) is 12.6 Å². The first-order valence-corrected chi connectivity index (χ1v) is 14.5. The zero-order valence-electron chi connectivity index (χ0n) is 22.1. The van der Waals surface area contributed by atoms with E-state index >= 15 is 0 Å². The molecule has 1 aliphatic rings. The first-order valence-electron chi connectivity index (χ1n) is 12.7. The molecule has 2 amide bonds. The van der Waals surface area contributed by atoms with E-state index in [0.29, 0.717) is 5.69 Å². The zero-order chi connectivity index (χ0) is 26.5. The second-order valence-corrected chi connectivity index (χ2v) is 12.0. The maximum Gasteiger partial charge on any atom is 0.244 e. The average Bonchev–Trinajstić information content (AvgIpc) is 2.80. The molecule has 0 radical (unpaired) electrons. The number of anilines is 1. The summed E-state index contributed by atoms with van der Waals surface area (Å²) in [5.74, 6) is -0.629. The predicted molar refractivity (Wildman–Crippen MR) is 144 cm³/mol. The maximum absolute atomic E-state index is 13.7. The number of carbonyl (C=O) groups excluding carboxylic acids is 2. The highest BCUT2D eigenvalue weighted by Gasteiger charge is 2.31. The van der Waals surface area contributed by atoms with Crippen molar-refractivity contribution in [1.82, 2.24) is 10.2 Å². The monoisotopic (exact) mass is 513 g/mol. The van der Waals surface area contributed by atoms with E-state index < -0.39 is 22.0 Å². The number of nitrogens with one attached hydrogen (secondary N) is 1. The van der Waals surface area contributed by atoms with Gasteiger partial charge in [-0.25, -0.2) is 8.42 Å². The molecule has 3 rings (SSSR count). The van der Waals surface area contributed by atoms with Crippen molar-refractivity contribution in [2.24, 2.45) is 0 Å². The molecule has 1 atom stereocenters. The third-order valence-corrected chi connectivity index (χ3v) is 8.04. The average molecular weight is 514 g/mol. The minimum atomic E-state index is -3.74. The Hall–Kier alpha value is -2.87. The van der Waals surface area contributed by atoms with Gasteiger partial charge >= 0.3 is 0 Å². The summed E-state index contributed by atoms with van der Waals surface area (Å²) in [7, 11) is -3.74. The maximum atomic E-state index is 13.7. The lowest BCUT2D eigenvalue weighted by Crippen LogP contribution is -2.53. The van der Waals surface area contributed by atoms with E-state index in [1.165, 1.54) is 11.3 Å². The summed E-state index contributed by atoms with van der Waals surface area (Å²) in [6, 6.07) is 12.5. The highest BCUT2D eigenvalue weighted by Crippen LogP contribution is 2.23. The molecule has 0 spiro atoms. The first kappa shape index (κ1) is 27.7. The lowest BCUT2D eigenvalue weighted by atomic mass is 9.95. The Balaban J connectivity index is 1.90. The van der Waals surface area contributed by atoms with Gasteiger partial charge in [-0.1, -0.05) is 49.6 Å². The van der Waals surface area contributed by atoms with Crippen molar-refractivity contribution in [2.45, 2.75) is 78.4 Å². The van der Waals surface area contributed by atoms with Gasteiger partial charge in [0.15, 0.2) is 0 Å². The lowest BCUT2D eigenvalue weighted by molar-refractivity contribution is -0.139. The molecule has 8 heteroatoms. The summed E-state index contributed by atoms with van der Waals surface area (Å²) < 4.78 is 26.7. The summed E-state index contributed by atoms with van der Waals surface area (Å²) in [6.45, 7) is 7.30. The van der Waals surface area contributed by atoms with E-state index in [2.05, 4.69) is 5.32 Å².